The van der Waals surface area contributed by atoms with Gasteiger partial charge in [0, 0.05) is 44.6 Å². The zero-order valence-corrected chi connectivity index (χ0v) is 14.6. The van der Waals surface area contributed by atoms with Crippen LogP contribution in [0.3, 0.4) is 0 Å². The molecular weight excluding hydrogens is 300 g/mol. The van der Waals surface area contributed by atoms with E-state index in [0.717, 1.165) is 19.5 Å². The number of fused-ring (bicyclic) bond motifs is 1. The molecule has 24 heavy (non-hydrogen) atoms. The normalized spacial score (nSPS) is 18.8. The highest BCUT2D eigenvalue weighted by Crippen LogP contribution is 2.18. The van der Waals surface area contributed by atoms with Gasteiger partial charge in [-0.05, 0) is 37.5 Å². The second-order valence-corrected chi connectivity index (χ2v) is 6.83. The molecule has 5 nitrogen and oxygen atoms in total. The van der Waals surface area contributed by atoms with Gasteiger partial charge in [0.15, 0.2) is 0 Å². The predicted octanol–water partition coefficient (Wildman–Crippen LogP) is 1.84. The number of nitrogens with zero attached hydrogens (tertiary/aromatic N) is 3. The van der Waals surface area contributed by atoms with Crippen LogP contribution in [-0.2, 0) is 13.0 Å². The van der Waals surface area contributed by atoms with E-state index < -0.39 is 0 Å². The minimum atomic E-state index is -0.359. The van der Waals surface area contributed by atoms with E-state index in [-0.39, 0.29) is 18.2 Å². The molecule has 0 radical (unpaired) electrons. The van der Waals surface area contributed by atoms with Crippen LogP contribution >= 0.6 is 0 Å². The second-order valence-electron chi connectivity index (χ2n) is 6.83. The van der Waals surface area contributed by atoms with Gasteiger partial charge >= 0.3 is 0 Å². The van der Waals surface area contributed by atoms with Crippen molar-refractivity contribution < 1.29 is 5.11 Å². The Balaban J connectivity index is 1.44. The number of nitrogens with one attached hydrogen (secondary N) is 1. The molecule has 1 aliphatic rings. The van der Waals surface area contributed by atoms with Crippen LogP contribution in [0, 0.1) is 0 Å². The summed E-state index contributed by atoms with van der Waals surface area (Å²) in [6, 6.07) is 11.1. The summed E-state index contributed by atoms with van der Waals surface area (Å²) in [4.78, 5) is 2.34. The van der Waals surface area contributed by atoms with Crippen molar-refractivity contribution in [1.82, 2.24) is 20.0 Å². The van der Waals surface area contributed by atoms with Crippen molar-refractivity contribution in [2.45, 2.75) is 45.0 Å². The lowest BCUT2D eigenvalue weighted by molar-refractivity contribution is 0.100. The van der Waals surface area contributed by atoms with Crippen molar-refractivity contribution in [3.8, 4) is 0 Å². The van der Waals surface area contributed by atoms with Crippen LogP contribution in [-0.4, -0.2) is 51.6 Å². The lowest BCUT2D eigenvalue weighted by Gasteiger charge is -2.31. The van der Waals surface area contributed by atoms with Crippen molar-refractivity contribution in [3.63, 3.8) is 0 Å². The first kappa shape index (κ1) is 17.1. The minimum Gasteiger partial charge on any atom is -0.390 e. The molecule has 0 spiro atoms. The molecule has 0 saturated heterocycles. The molecule has 1 aromatic carbocycles. The Hall–Kier alpha value is -1.69. The SMILES string of the molecule is C[C@H](NC[C@@H](O)CN1CCc2ccccc2C1)[C@H](C)n1cccn1. The summed E-state index contributed by atoms with van der Waals surface area (Å²) in [5.41, 5.74) is 2.84. The maximum absolute atomic E-state index is 10.4. The van der Waals surface area contributed by atoms with Gasteiger partial charge in [-0.25, -0.2) is 0 Å². The van der Waals surface area contributed by atoms with Crippen LogP contribution in [0.2, 0.25) is 0 Å². The molecular formula is C19H28N4O. The Labute approximate surface area is 144 Å². The average molecular weight is 328 g/mol. The van der Waals surface area contributed by atoms with Gasteiger partial charge in [0.2, 0.25) is 0 Å². The molecule has 0 unspecified atom stereocenters. The summed E-state index contributed by atoms with van der Waals surface area (Å²) in [6.45, 7) is 7.55. The van der Waals surface area contributed by atoms with Gasteiger partial charge in [-0.3, -0.25) is 9.58 Å². The Morgan fingerprint density at radius 3 is 2.75 bits per heavy atom. The van der Waals surface area contributed by atoms with Crippen LogP contribution < -0.4 is 5.32 Å². The number of aliphatic hydroxyl groups excluding tert-OH is 1. The van der Waals surface area contributed by atoms with E-state index >= 15 is 0 Å². The monoisotopic (exact) mass is 328 g/mol. The van der Waals surface area contributed by atoms with E-state index in [2.05, 4.69) is 53.4 Å². The highest BCUT2D eigenvalue weighted by molar-refractivity contribution is 5.29. The largest absolute Gasteiger partial charge is 0.390 e. The quantitative estimate of drug-likeness (QED) is 0.814. The van der Waals surface area contributed by atoms with Gasteiger partial charge in [-0.2, -0.15) is 5.10 Å². The molecule has 0 amide bonds. The smallest absolute Gasteiger partial charge is 0.0791 e. The third kappa shape index (κ3) is 4.23. The van der Waals surface area contributed by atoms with Crippen LogP contribution in [0.15, 0.2) is 42.7 Å². The molecule has 2 aromatic rings. The minimum absolute atomic E-state index is 0.252. The maximum atomic E-state index is 10.4. The Morgan fingerprint density at radius 1 is 1.21 bits per heavy atom. The average Bonchev–Trinajstić information content (AvgIpc) is 3.13. The Bertz CT molecular complexity index is 628. The molecule has 130 valence electrons. The molecule has 3 rings (SSSR count). The summed E-state index contributed by atoms with van der Waals surface area (Å²) in [7, 11) is 0. The topological polar surface area (TPSA) is 53.3 Å². The fourth-order valence-corrected chi connectivity index (χ4v) is 3.32. The molecule has 2 N–H and O–H groups in total. The van der Waals surface area contributed by atoms with Gasteiger partial charge in [-0.1, -0.05) is 24.3 Å². The zero-order chi connectivity index (χ0) is 16.9. The lowest BCUT2D eigenvalue weighted by atomic mass is 10.00. The number of rotatable bonds is 7. The number of hydrogen-bond donors (Lipinski definition) is 2. The summed E-state index contributed by atoms with van der Waals surface area (Å²) >= 11 is 0. The van der Waals surface area contributed by atoms with Crippen LogP contribution in [0.5, 0.6) is 0 Å². The van der Waals surface area contributed by atoms with Gasteiger partial charge in [0.1, 0.15) is 0 Å². The van der Waals surface area contributed by atoms with E-state index in [9.17, 15) is 5.11 Å². The zero-order valence-electron chi connectivity index (χ0n) is 14.6. The lowest BCUT2D eigenvalue weighted by Crippen LogP contribution is -2.44. The third-order valence-electron chi connectivity index (χ3n) is 5.02. The maximum Gasteiger partial charge on any atom is 0.0791 e. The summed E-state index contributed by atoms with van der Waals surface area (Å²) in [6.07, 6.45) is 4.49. The highest BCUT2D eigenvalue weighted by atomic mass is 16.3. The van der Waals surface area contributed by atoms with Crippen molar-refractivity contribution in [2.24, 2.45) is 0 Å². The van der Waals surface area contributed by atoms with Crippen LogP contribution in [0.25, 0.3) is 0 Å². The van der Waals surface area contributed by atoms with Gasteiger partial charge < -0.3 is 10.4 Å². The van der Waals surface area contributed by atoms with E-state index in [1.54, 1.807) is 6.20 Å². The summed E-state index contributed by atoms with van der Waals surface area (Å²) < 4.78 is 1.95. The van der Waals surface area contributed by atoms with E-state index in [1.165, 1.54) is 11.1 Å². The van der Waals surface area contributed by atoms with Gasteiger partial charge in [0.25, 0.3) is 0 Å². The number of aromatic nitrogens is 2. The standard InChI is InChI=1S/C19H28N4O/c1-15(16(2)23-10-5-9-21-23)20-12-19(24)14-22-11-8-17-6-3-4-7-18(17)13-22/h3-7,9-10,15-16,19-20,24H,8,11-14H2,1-2H3/t15-,16-,19+/m0/s1. The predicted molar refractivity (Wildman–Crippen MR) is 95.8 cm³/mol. The summed E-state index contributed by atoms with van der Waals surface area (Å²) in [5, 5.41) is 18.1. The van der Waals surface area contributed by atoms with Gasteiger partial charge in [-0.15, -0.1) is 0 Å². The molecule has 2 heterocycles. The van der Waals surface area contributed by atoms with Crippen molar-refractivity contribution in [1.29, 1.82) is 0 Å². The molecule has 0 bridgehead atoms. The molecule has 5 heteroatoms. The molecule has 1 aromatic heterocycles. The highest BCUT2D eigenvalue weighted by Gasteiger charge is 2.20. The van der Waals surface area contributed by atoms with Crippen molar-refractivity contribution in [2.75, 3.05) is 19.6 Å². The van der Waals surface area contributed by atoms with Crippen LogP contribution in [0.1, 0.15) is 31.0 Å². The number of benzene rings is 1. The van der Waals surface area contributed by atoms with Crippen LogP contribution in [0.4, 0.5) is 0 Å². The second kappa shape index (κ2) is 7.92. The first-order valence-electron chi connectivity index (χ1n) is 8.83. The molecule has 1 aliphatic heterocycles. The number of aliphatic hydroxyl groups is 1. The van der Waals surface area contributed by atoms with Crippen molar-refractivity contribution in [3.05, 3.63) is 53.9 Å². The third-order valence-corrected chi connectivity index (χ3v) is 5.02. The molecule has 0 saturated carbocycles. The fourth-order valence-electron chi connectivity index (χ4n) is 3.32. The van der Waals surface area contributed by atoms with E-state index in [1.807, 2.05) is 16.9 Å². The van der Waals surface area contributed by atoms with Gasteiger partial charge in [0.05, 0.1) is 12.1 Å². The summed E-state index contributed by atoms with van der Waals surface area (Å²) in [5.74, 6) is 0. The first-order valence-corrected chi connectivity index (χ1v) is 8.83. The Morgan fingerprint density at radius 2 is 2.00 bits per heavy atom. The number of hydrogen-bond acceptors (Lipinski definition) is 4. The first-order chi connectivity index (χ1) is 11.6. The molecule has 0 aliphatic carbocycles. The van der Waals surface area contributed by atoms with E-state index in [4.69, 9.17) is 0 Å². The molecule has 3 atom stereocenters. The fraction of sp³-hybridized carbons (Fsp3) is 0.526. The van der Waals surface area contributed by atoms with E-state index in [0.29, 0.717) is 13.1 Å². The van der Waals surface area contributed by atoms with Crippen molar-refractivity contribution >= 4 is 0 Å². The number of β-amino-alcohol motifs (C(OH)–C–C–N with tert-alkyl or cyclic N) is 1. The Kier molecular flexibility index (Phi) is 5.66. The molecule has 0 fully saturated rings.